The zero-order chi connectivity index (χ0) is 25.0. The first-order valence-corrected chi connectivity index (χ1v) is 11.3. The molecule has 3 N–H and O–H groups in total. The normalized spacial score (nSPS) is 12.2. The zero-order valence-corrected chi connectivity index (χ0v) is 20.1. The maximum absolute atomic E-state index is 12.3. The number of ether oxygens (including phenoxy) is 2. The van der Waals surface area contributed by atoms with Gasteiger partial charge >= 0.3 is 6.09 Å². The molecule has 0 fully saturated rings. The summed E-state index contributed by atoms with van der Waals surface area (Å²) in [5.74, 6) is 1.87. The molecular formula is C27H29N5O3. The van der Waals surface area contributed by atoms with Gasteiger partial charge in [0.05, 0.1) is 11.4 Å². The number of nitrogens with two attached hydrogens (primary N) is 1. The van der Waals surface area contributed by atoms with Crippen molar-refractivity contribution in [1.82, 2.24) is 19.9 Å². The fourth-order valence-electron chi connectivity index (χ4n) is 3.68. The number of alkyl carbamates (subject to hydrolysis) is 1. The van der Waals surface area contributed by atoms with E-state index in [4.69, 9.17) is 15.2 Å². The van der Waals surface area contributed by atoms with Crippen LogP contribution in [-0.4, -0.2) is 32.3 Å². The van der Waals surface area contributed by atoms with Crippen molar-refractivity contribution in [3.05, 3.63) is 79.8 Å². The predicted octanol–water partition coefficient (Wildman–Crippen LogP) is 5.55. The summed E-state index contributed by atoms with van der Waals surface area (Å²) in [6.45, 7) is 9.70. The molecule has 0 aliphatic rings. The van der Waals surface area contributed by atoms with E-state index in [0.717, 1.165) is 28.0 Å². The molecule has 1 amide bonds. The van der Waals surface area contributed by atoms with Gasteiger partial charge < -0.3 is 25.1 Å². The first-order valence-electron chi connectivity index (χ1n) is 11.3. The second-order valence-corrected chi connectivity index (χ2v) is 9.08. The highest BCUT2D eigenvalue weighted by Gasteiger charge is 2.21. The lowest BCUT2D eigenvalue weighted by atomic mass is 10.1. The van der Waals surface area contributed by atoms with Gasteiger partial charge in [0.25, 0.3) is 0 Å². The third-order valence-electron chi connectivity index (χ3n) is 5.21. The summed E-state index contributed by atoms with van der Waals surface area (Å²) < 4.78 is 13.2. The van der Waals surface area contributed by atoms with Gasteiger partial charge in [0.2, 0.25) is 0 Å². The molecule has 0 aliphatic carbocycles. The summed E-state index contributed by atoms with van der Waals surface area (Å²) in [4.78, 5) is 20.9. The van der Waals surface area contributed by atoms with Crippen LogP contribution in [0.5, 0.6) is 11.5 Å². The summed E-state index contributed by atoms with van der Waals surface area (Å²) >= 11 is 0. The highest BCUT2D eigenvalue weighted by atomic mass is 16.6. The highest BCUT2D eigenvalue weighted by molar-refractivity contribution is 6.00. The van der Waals surface area contributed by atoms with Gasteiger partial charge in [0, 0.05) is 18.3 Å². The van der Waals surface area contributed by atoms with E-state index in [0.29, 0.717) is 18.0 Å². The van der Waals surface area contributed by atoms with E-state index in [1.54, 1.807) is 6.08 Å². The number of carbonyl (C=O) groups excluding carboxylic acids is 1. The number of amides is 1. The minimum absolute atomic E-state index is 0.378. The maximum Gasteiger partial charge on any atom is 0.408 e. The van der Waals surface area contributed by atoms with Crippen molar-refractivity contribution in [2.24, 2.45) is 0 Å². The van der Waals surface area contributed by atoms with Crippen LogP contribution >= 0.6 is 0 Å². The number of fused-ring (bicyclic) bond motifs is 1. The largest absolute Gasteiger partial charge is 0.457 e. The number of anilines is 1. The van der Waals surface area contributed by atoms with E-state index in [2.05, 4.69) is 21.9 Å². The second kappa shape index (κ2) is 9.89. The van der Waals surface area contributed by atoms with Gasteiger partial charge in [0.15, 0.2) is 0 Å². The van der Waals surface area contributed by atoms with Gasteiger partial charge in [-0.3, -0.25) is 0 Å². The molecule has 2 aromatic heterocycles. The van der Waals surface area contributed by atoms with E-state index in [1.807, 2.05) is 86.1 Å². The van der Waals surface area contributed by atoms with Crippen LogP contribution in [0.25, 0.3) is 22.2 Å². The lowest BCUT2D eigenvalue weighted by molar-refractivity contribution is 0.0511. The van der Waals surface area contributed by atoms with E-state index >= 15 is 0 Å². The Labute approximate surface area is 204 Å². The fourth-order valence-corrected chi connectivity index (χ4v) is 3.68. The smallest absolute Gasteiger partial charge is 0.408 e. The Morgan fingerprint density at radius 3 is 2.46 bits per heavy atom. The molecule has 180 valence electrons. The molecule has 35 heavy (non-hydrogen) atoms. The molecule has 0 saturated heterocycles. The maximum atomic E-state index is 12.3. The molecule has 0 aliphatic heterocycles. The summed E-state index contributed by atoms with van der Waals surface area (Å²) in [5, 5.41) is 3.58. The minimum atomic E-state index is -0.596. The Balaban J connectivity index is 1.61. The molecule has 2 heterocycles. The molecule has 0 bridgehead atoms. The number of aromatic nitrogens is 3. The van der Waals surface area contributed by atoms with Crippen molar-refractivity contribution in [2.45, 2.75) is 39.0 Å². The SMILES string of the molecule is C=C[C@H](Cn1cc(-c2ccc(Oc3ccccc3)cc2)c2c(N)ncnc21)NC(=O)OC(C)(C)C. The Morgan fingerprint density at radius 1 is 1.11 bits per heavy atom. The molecule has 2 aromatic carbocycles. The number of nitrogen functional groups attached to an aromatic ring is 1. The van der Waals surface area contributed by atoms with Crippen LogP contribution in [0.1, 0.15) is 20.8 Å². The van der Waals surface area contributed by atoms with Crippen LogP contribution in [0.2, 0.25) is 0 Å². The third-order valence-corrected chi connectivity index (χ3v) is 5.21. The molecule has 8 nitrogen and oxygen atoms in total. The van der Waals surface area contributed by atoms with Gasteiger partial charge in [-0.25, -0.2) is 14.8 Å². The third kappa shape index (κ3) is 5.78. The molecule has 0 spiro atoms. The number of hydrogen-bond donors (Lipinski definition) is 2. The van der Waals surface area contributed by atoms with Crippen LogP contribution < -0.4 is 15.8 Å². The van der Waals surface area contributed by atoms with Crippen LogP contribution in [0.4, 0.5) is 10.6 Å². The summed E-state index contributed by atoms with van der Waals surface area (Å²) in [6, 6.07) is 17.0. The average molecular weight is 472 g/mol. The van der Waals surface area contributed by atoms with Crippen molar-refractivity contribution >= 4 is 22.9 Å². The first kappa shape index (κ1) is 23.8. The van der Waals surface area contributed by atoms with Gasteiger partial charge in [-0.15, -0.1) is 6.58 Å². The summed E-state index contributed by atoms with van der Waals surface area (Å²) in [7, 11) is 0. The van der Waals surface area contributed by atoms with E-state index in [-0.39, 0.29) is 6.04 Å². The Hall–Kier alpha value is -4.33. The molecular weight excluding hydrogens is 442 g/mol. The van der Waals surface area contributed by atoms with Crippen LogP contribution in [0.3, 0.4) is 0 Å². The van der Waals surface area contributed by atoms with Crippen molar-refractivity contribution < 1.29 is 14.3 Å². The number of nitrogens with one attached hydrogen (secondary N) is 1. The monoisotopic (exact) mass is 471 g/mol. The predicted molar refractivity (Wildman–Crippen MR) is 137 cm³/mol. The molecule has 4 rings (SSSR count). The Kier molecular flexibility index (Phi) is 6.73. The number of carbonyl (C=O) groups is 1. The van der Waals surface area contributed by atoms with Gasteiger partial charge in [-0.2, -0.15) is 0 Å². The van der Waals surface area contributed by atoms with E-state index in [1.165, 1.54) is 6.33 Å². The van der Waals surface area contributed by atoms with E-state index < -0.39 is 11.7 Å². The lowest BCUT2D eigenvalue weighted by Gasteiger charge is -2.22. The summed E-state index contributed by atoms with van der Waals surface area (Å²) in [5.41, 5.74) is 8.14. The van der Waals surface area contributed by atoms with Crippen molar-refractivity contribution in [3.8, 4) is 22.6 Å². The Bertz CT molecular complexity index is 1320. The Morgan fingerprint density at radius 2 is 1.80 bits per heavy atom. The number of para-hydroxylation sites is 1. The molecule has 0 unspecified atom stereocenters. The molecule has 0 saturated carbocycles. The number of nitrogens with zero attached hydrogens (tertiary/aromatic N) is 3. The highest BCUT2D eigenvalue weighted by Crippen LogP contribution is 2.34. The first-order chi connectivity index (χ1) is 16.7. The number of benzene rings is 2. The molecule has 4 aromatic rings. The van der Waals surface area contributed by atoms with Gasteiger partial charge in [-0.05, 0) is 50.6 Å². The van der Waals surface area contributed by atoms with Crippen molar-refractivity contribution in [1.29, 1.82) is 0 Å². The molecule has 8 heteroatoms. The average Bonchev–Trinajstić information content (AvgIpc) is 3.18. The lowest BCUT2D eigenvalue weighted by Crippen LogP contribution is -2.40. The zero-order valence-electron chi connectivity index (χ0n) is 20.1. The fraction of sp³-hybridized carbons (Fsp3) is 0.222. The quantitative estimate of drug-likeness (QED) is 0.342. The number of rotatable bonds is 7. The topological polar surface area (TPSA) is 104 Å². The minimum Gasteiger partial charge on any atom is -0.457 e. The summed E-state index contributed by atoms with van der Waals surface area (Å²) in [6.07, 6.45) is 4.53. The molecule has 0 radical (unpaired) electrons. The standard InChI is InChI=1S/C27H29N5O3/c1-5-19(31-26(33)35-27(2,3)4)15-32-16-22(23-24(28)29-17-30-25(23)32)18-11-13-21(14-12-18)34-20-9-7-6-8-10-20/h5-14,16-17,19H,1,15H2,2-4H3,(H,31,33)(H2,28,29,30)/t19-/m1/s1. The second-order valence-electron chi connectivity index (χ2n) is 9.08. The van der Waals surface area contributed by atoms with Gasteiger partial charge in [-0.1, -0.05) is 36.4 Å². The van der Waals surface area contributed by atoms with Crippen LogP contribution in [0, 0.1) is 0 Å². The molecule has 1 atom stereocenters. The number of hydrogen-bond acceptors (Lipinski definition) is 6. The van der Waals surface area contributed by atoms with Crippen LogP contribution in [0.15, 0.2) is 79.8 Å². The van der Waals surface area contributed by atoms with Crippen molar-refractivity contribution in [2.75, 3.05) is 5.73 Å². The van der Waals surface area contributed by atoms with Crippen LogP contribution in [-0.2, 0) is 11.3 Å². The van der Waals surface area contributed by atoms with Gasteiger partial charge in [0.1, 0.15) is 34.9 Å². The van der Waals surface area contributed by atoms with Crippen molar-refractivity contribution in [3.63, 3.8) is 0 Å². The van der Waals surface area contributed by atoms with E-state index in [9.17, 15) is 4.79 Å².